The summed E-state index contributed by atoms with van der Waals surface area (Å²) in [6.45, 7) is 2.79. The molecule has 1 rings (SSSR count). The van der Waals surface area contributed by atoms with E-state index in [9.17, 15) is 13.2 Å². The maximum Gasteiger partial charge on any atom is 0.304 e. The van der Waals surface area contributed by atoms with E-state index in [1.807, 2.05) is 13.0 Å². The molecule has 0 radical (unpaired) electrons. The average Bonchev–Trinajstić information content (AvgIpc) is 2.16. The fraction of sp³-hybridized carbons (Fsp3) is 0.667. The Morgan fingerprint density at radius 1 is 1.60 bits per heavy atom. The van der Waals surface area contributed by atoms with Crippen molar-refractivity contribution in [3.05, 3.63) is 11.6 Å². The molecule has 0 unspecified atom stereocenters. The number of hydrogen-bond donors (Lipinski definition) is 1. The third-order valence-corrected chi connectivity index (χ3v) is 4.20. The molecule has 1 aliphatic rings. The lowest BCUT2D eigenvalue weighted by atomic mass is 10.1. The Hall–Kier alpha value is -0.880. The molecule has 0 spiro atoms. The number of carboxylic acid groups (broad SMARTS) is 1. The highest BCUT2D eigenvalue weighted by molar-refractivity contribution is 7.89. The van der Waals surface area contributed by atoms with Gasteiger partial charge in [0.1, 0.15) is 0 Å². The second kappa shape index (κ2) is 4.76. The maximum atomic E-state index is 11.6. The predicted octanol–water partition coefficient (Wildman–Crippen LogP) is 0.443. The summed E-state index contributed by atoms with van der Waals surface area (Å²) in [5.41, 5.74) is 1.18. The van der Waals surface area contributed by atoms with Crippen LogP contribution in [-0.2, 0) is 14.8 Å². The Balaban J connectivity index is 2.59. The fourth-order valence-electron chi connectivity index (χ4n) is 1.35. The van der Waals surface area contributed by atoms with E-state index in [4.69, 9.17) is 5.11 Å². The quantitative estimate of drug-likeness (QED) is 0.715. The summed E-state index contributed by atoms with van der Waals surface area (Å²) in [5, 5.41) is 8.42. The lowest BCUT2D eigenvalue weighted by Gasteiger charge is -2.24. The molecule has 0 saturated heterocycles. The van der Waals surface area contributed by atoms with Gasteiger partial charge in [0.15, 0.2) is 0 Å². The van der Waals surface area contributed by atoms with E-state index < -0.39 is 16.0 Å². The van der Waals surface area contributed by atoms with Crippen LogP contribution in [0.4, 0.5) is 0 Å². The lowest BCUT2D eigenvalue weighted by molar-refractivity contribution is -0.136. The number of hydrogen-bond acceptors (Lipinski definition) is 3. The van der Waals surface area contributed by atoms with E-state index >= 15 is 0 Å². The van der Waals surface area contributed by atoms with Crippen LogP contribution in [0.1, 0.15) is 19.8 Å². The Morgan fingerprint density at radius 3 is 2.73 bits per heavy atom. The molecule has 0 aromatic rings. The zero-order chi connectivity index (χ0) is 11.5. The SMILES string of the molecule is CC1=CCN(S(=O)(=O)CCC(=O)O)CC1. The summed E-state index contributed by atoms with van der Waals surface area (Å²) >= 11 is 0. The monoisotopic (exact) mass is 233 g/mol. The van der Waals surface area contributed by atoms with Gasteiger partial charge in [0.2, 0.25) is 10.0 Å². The molecule has 1 N–H and O–H groups in total. The van der Waals surface area contributed by atoms with Crippen LogP contribution in [0.3, 0.4) is 0 Å². The minimum absolute atomic E-state index is 0.310. The highest BCUT2D eigenvalue weighted by Gasteiger charge is 2.23. The zero-order valence-electron chi connectivity index (χ0n) is 8.64. The molecule has 0 aromatic heterocycles. The van der Waals surface area contributed by atoms with Crippen molar-refractivity contribution in [2.45, 2.75) is 19.8 Å². The van der Waals surface area contributed by atoms with Crippen molar-refractivity contribution in [2.75, 3.05) is 18.8 Å². The molecule has 0 aliphatic carbocycles. The van der Waals surface area contributed by atoms with E-state index in [1.165, 1.54) is 9.88 Å². The van der Waals surface area contributed by atoms with Crippen molar-refractivity contribution >= 4 is 16.0 Å². The summed E-state index contributed by atoms with van der Waals surface area (Å²) < 4.78 is 24.6. The largest absolute Gasteiger partial charge is 0.481 e. The Labute approximate surface area is 89.4 Å². The molecule has 15 heavy (non-hydrogen) atoms. The topological polar surface area (TPSA) is 74.7 Å². The van der Waals surface area contributed by atoms with Crippen LogP contribution < -0.4 is 0 Å². The molecule has 0 saturated carbocycles. The van der Waals surface area contributed by atoms with Crippen LogP contribution in [0.5, 0.6) is 0 Å². The van der Waals surface area contributed by atoms with Crippen molar-refractivity contribution in [3.8, 4) is 0 Å². The molecule has 0 amide bonds. The van der Waals surface area contributed by atoms with Gasteiger partial charge in [0.25, 0.3) is 0 Å². The maximum absolute atomic E-state index is 11.6. The molecule has 0 fully saturated rings. The van der Waals surface area contributed by atoms with Crippen LogP contribution in [0, 0.1) is 0 Å². The summed E-state index contributed by atoms with van der Waals surface area (Å²) in [6, 6.07) is 0. The van der Waals surface area contributed by atoms with Gasteiger partial charge in [-0.3, -0.25) is 4.79 Å². The predicted molar refractivity (Wildman–Crippen MR) is 56.0 cm³/mol. The molecular weight excluding hydrogens is 218 g/mol. The van der Waals surface area contributed by atoms with Crippen molar-refractivity contribution in [1.82, 2.24) is 4.31 Å². The molecule has 0 aromatic carbocycles. The van der Waals surface area contributed by atoms with Crippen LogP contribution in [0.15, 0.2) is 11.6 Å². The third kappa shape index (κ3) is 3.64. The average molecular weight is 233 g/mol. The first-order chi connectivity index (χ1) is 6.92. The van der Waals surface area contributed by atoms with E-state index in [1.54, 1.807) is 0 Å². The number of nitrogens with zero attached hydrogens (tertiary/aromatic N) is 1. The van der Waals surface area contributed by atoms with Gasteiger partial charge < -0.3 is 5.11 Å². The number of carboxylic acids is 1. The second-order valence-electron chi connectivity index (χ2n) is 3.62. The van der Waals surface area contributed by atoms with Crippen molar-refractivity contribution in [2.24, 2.45) is 0 Å². The highest BCUT2D eigenvalue weighted by atomic mass is 32.2. The Morgan fingerprint density at radius 2 is 2.27 bits per heavy atom. The lowest BCUT2D eigenvalue weighted by Crippen LogP contribution is -2.36. The van der Waals surface area contributed by atoms with Gasteiger partial charge in [0.05, 0.1) is 12.2 Å². The molecular formula is C9H15NO4S. The summed E-state index contributed by atoms with van der Waals surface area (Å²) in [6.07, 6.45) is 2.26. The van der Waals surface area contributed by atoms with Crippen molar-refractivity contribution in [3.63, 3.8) is 0 Å². The molecule has 6 heteroatoms. The van der Waals surface area contributed by atoms with E-state index in [0.29, 0.717) is 13.1 Å². The standard InChI is InChI=1S/C9H15NO4S/c1-8-2-5-10(6-3-8)15(13,14)7-4-9(11)12/h2H,3-7H2,1H3,(H,11,12). The molecule has 1 aliphatic heterocycles. The molecule has 5 nitrogen and oxygen atoms in total. The van der Waals surface area contributed by atoms with Gasteiger partial charge in [0, 0.05) is 13.1 Å². The highest BCUT2D eigenvalue weighted by Crippen LogP contribution is 2.14. The first kappa shape index (κ1) is 12.2. The van der Waals surface area contributed by atoms with Gasteiger partial charge in [-0.05, 0) is 13.3 Å². The van der Waals surface area contributed by atoms with Gasteiger partial charge in [-0.25, -0.2) is 8.42 Å². The van der Waals surface area contributed by atoms with Crippen LogP contribution >= 0.6 is 0 Å². The van der Waals surface area contributed by atoms with Crippen LogP contribution in [0.2, 0.25) is 0 Å². The Kier molecular flexibility index (Phi) is 3.87. The number of rotatable bonds is 4. The van der Waals surface area contributed by atoms with E-state index in [2.05, 4.69) is 0 Å². The first-order valence-corrected chi connectivity index (χ1v) is 6.38. The summed E-state index contributed by atoms with van der Waals surface area (Å²) in [5.74, 6) is -1.39. The van der Waals surface area contributed by atoms with Gasteiger partial charge in [-0.2, -0.15) is 4.31 Å². The minimum atomic E-state index is -3.39. The fourth-order valence-corrected chi connectivity index (χ4v) is 2.71. The third-order valence-electron chi connectivity index (χ3n) is 2.37. The second-order valence-corrected chi connectivity index (χ2v) is 5.71. The van der Waals surface area contributed by atoms with Gasteiger partial charge in [-0.15, -0.1) is 0 Å². The number of sulfonamides is 1. The summed E-state index contributed by atoms with van der Waals surface area (Å²) in [4.78, 5) is 10.3. The van der Waals surface area contributed by atoms with Crippen LogP contribution in [0.25, 0.3) is 0 Å². The van der Waals surface area contributed by atoms with Crippen LogP contribution in [-0.4, -0.2) is 42.6 Å². The van der Waals surface area contributed by atoms with E-state index in [0.717, 1.165) is 6.42 Å². The molecule has 0 bridgehead atoms. The Bertz CT molecular complexity index is 372. The minimum Gasteiger partial charge on any atom is -0.481 e. The smallest absolute Gasteiger partial charge is 0.304 e. The molecule has 0 atom stereocenters. The summed E-state index contributed by atoms with van der Waals surface area (Å²) in [7, 11) is -3.39. The van der Waals surface area contributed by atoms with E-state index in [-0.39, 0.29) is 12.2 Å². The number of aliphatic carboxylic acids is 1. The normalized spacial score (nSPS) is 18.6. The first-order valence-electron chi connectivity index (χ1n) is 4.77. The number of carbonyl (C=O) groups is 1. The zero-order valence-corrected chi connectivity index (χ0v) is 9.46. The van der Waals surface area contributed by atoms with Crippen molar-refractivity contribution < 1.29 is 18.3 Å². The van der Waals surface area contributed by atoms with Crippen molar-refractivity contribution in [1.29, 1.82) is 0 Å². The van der Waals surface area contributed by atoms with Gasteiger partial charge >= 0.3 is 5.97 Å². The molecule has 86 valence electrons. The van der Waals surface area contributed by atoms with Gasteiger partial charge in [-0.1, -0.05) is 11.6 Å². The molecule has 1 heterocycles.